The SMILES string of the molecule is CN1CCCC1CNCc1ccc(Br)cc1.Cl. The lowest BCUT2D eigenvalue weighted by Gasteiger charge is -2.19. The lowest BCUT2D eigenvalue weighted by atomic mass is 10.2. The Morgan fingerprint density at radius 1 is 1.35 bits per heavy atom. The molecule has 1 unspecified atom stereocenters. The van der Waals surface area contributed by atoms with Gasteiger partial charge in [-0.05, 0) is 44.1 Å². The second-order valence-electron chi connectivity index (χ2n) is 4.53. The van der Waals surface area contributed by atoms with Gasteiger partial charge in [0, 0.05) is 23.6 Å². The summed E-state index contributed by atoms with van der Waals surface area (Å²) >= 11 is 3.45. The largest absolute Gasteiger partial charge is 0.311 e. The lowest BCUT2D eigenvalue weighted by molar-refractivity contribution is 0.300. The molecule has 0 spiro atoms. The molecular formula is C13H20BrClN2. The minimum absolute atomic E-state index is 0. The Morgan fingerprint density at radius 2 is 2.06 bits per heavy atom. The van der Waals surface area contributed by atoms with Crippen molar-refractivity contribution in [2.24, 2.45) is 0 Å². The first-order valence-corrected chi connectivity index (χ1v) is 6.70. The molecule has 1 atom stereocenters. The summed E-state index contributed by atoms with van der Waals surface area (Å²) < 4.78 is 1.15. The third-order valence-corrected chi connectivity index (χ3v) is 3.82. The predicted molar refractivity (Wildman–Crippen MR) is 78.7 cm³/mol. The van der Waals surface area contributed by atoms with Gasteiger partial charge in [0.1, 0.15) is 0 Å². The van der Waals surface area contributed by atoms with Crippen molar-refractivity contribution < 1.29 is 0 Å². The van der Waals surface area contributed by atoms with E-state index in [0.29, 0.717) is 0 Å². The highest BCUT2D eigenvalue weighted by molar-refractivity contribution is 9.10. The molecule has 0 amide bonds. The van der Waals surface area contributed by atoms with Crippen LogP contribution in [0.25, 0.3) is 0 Å². The Hall–Kier alpha value is -0.0900. The van der Waals surface area contributed by atoms with Crippen molar-refractivity contribution in [3.05, 3.63) is 34.3 Å². The third kappa shape index (κ3) is 4.59. The maximum absolute atomic E-state index is 3.54. The van der Waals surface area contributed by atoms with Gasteiger partial charge in [-0.25, -0.2) is 0 Å². The molecule has 1 aromatic rings. The van der Waals surface area contributed by atoms with Crippen molar-refractivity contribution in [2.45, 2.75) is 25.4 Å². The molecule has 1 N–H and O–H groups in total. The van der Waals surface area contributed by atoms with E-state index in [1.165, 1.54) is 24.9 Å². The summed E-state index contributed by atoms with van der Waals surface area (Å²) in [7, 11) is 2.22. The number of hydrogen-bond donors (Lipinski definition) is 1. The number of hydrogen-bond acceptors (Lipinski definition) is 2. The molecule has 0 radical (unpaired) electrons. The van der Waals surface area contributed by atoms with Gasteiger partial charge in [-0.3, -0.25) is 0 Å². The second kappa shape index (κ2) is 7.37. The quantitative estimate of drug-likeness (QED) is 0.917. The van der Waals surface area contributed by atoms with Crippen molar-refractivity contribution >= 4 is 28.3 Å². The van der Waals surface area contributed by atoms with Crippen molar-refractivity contribution in [3.63, 3.8) is 0 Å². The van der Waals surface area contributed by atoms with Crippen molar-refractivity contribution in [1.82, 2.24) is 10.2 Å². The fourth-order valence-electron chi connectivity index (χ4n) is 2.22. The Morgan fingerprint density at radius 3 is 2.65 bits per heavy atom. The van der Waals surface area contributed by atoms with Gasteiger partial charge in [-0.15, -0.1) is 12.4 Å². The molecule has 1 aliphatic rings. The van der Waals surface area contributed by atoms with Crippen molar-refractivity contribution in [3.8, 4) is 0 Å². The minimum atomic E-state index is 0. The zero-order valence-corrected chi connectivity index (χ0v) is 12.6. The molecule has 17 heavy (non-hydrogen) atoms. The first kappa shape index (κ1) is 15.0. The van der Waals surface area contributed by atoms with Gasteiger partial charge in [0.15, 0.2) is 0 Å². The molecule has 2 rings (SSSR count). The van der Waals surface area contributed by atoms with Gasteiger partial charge in [-0.1, -0.05) is 28.1 Å². The summed E-state index contributed by atoms with van der Waals surface area (Å²) in [5, 5.41) is 3.54. The number of nitrogens with one attached hydrogen (secondary N) is 1. The maximum atomic E-state index is 3.54. The lowest BCUT2D eigenvalue weighted by Crippen LogP contribution is -2.35. The van der Waals surface area contributed by atoms with E-state index in [0.717, 1.165) is 23.6 Å². The van der Waals surface area contributed by atoms with Crippen LogP contribution in [0.4, 0.5) is 0 Å². The van der Waals surface area contributed by atoms with Crippen LogP contribution < -0.4 is 5.32 Å². The summed E-state index contributed by atoms with van der Waals surface area (Å²) in [6.45, 7) is 3.33. The monoisotopic (exact) mass is 318 g/mol. The van der Waals surface area contributed by atoms with Gasteiger partial charge in [0.05, 0.1) is 0 Å². The summed E-state index contributed by atoms with van der Waals surface area (Å²) in [6.07, 6.45) is 2.69. The van der Waals surface area contributed by atoms with Crippen LogP contribution in [0.5, 0.6) is 0 Å². The average molecular weight is 320 g/mol. The Kier molecular flexibility index (Phi) is 6.49. The van der Waals surface area contributed by atoms with Crippen LogP contribution in [0, 0.1) is 0 Å². The number of rotatable bonds is 4. The third-order valence-electron chi connectivity index (χ3n) is 3.29. The van der Waals surface area contributed by atoms with Crippen LogP contribution in [0.15, 0.2) is 28.7 Å². The van der Waals surface area contributed by atoms with E-state index < -0.39 is 0 Å². The average Bonchev–Trinajstić information content (AvgIpc) is 2.68. The van der Waals surface area contributed by atoms with Gasteiger partial charge in [0.25, 0.3) is 0 Å². The predicted octanol–water partition coefficient (Wildman–Crippen LogP) is 3.05. The zero-order valence-electron chi connectivity index (χ0n) is 10.2. The van der Waals surface area contributed by atoms with E-state index in [2.05, 4.69) is 57.5 Å². The van der Waals surface area contributed by atoms with Gasteiger partial charge < -0.3 is 10.2 Å². The van der Waals surface area contributed by atoms with Crippen LogP contribution in [-0.4, -0.2) is 31.1 Å². The molecule has 0 bridgehead atoms. The normalized spacial score (nSPS) is 20.2. The van der Waals surface area contributed by atoms with Gasteiger partial charge in [0.2, 0.25) is 0 Å². The summed E-state index contributed by atoms with van der Waals surface area (Å²) in [6, 6.07) is 9.25. The molecule has 4 heteroatoms. The van der Waals surface area contributed by atoms with Crippen molar-refractivity contribution in [1.29, 1.82) is 0 Å². The molecule has 1 saturated heterocycles. The fraction of sp³-hybridized carbons (Fsp3) is 0.538. The number of likely N-dealkylation sites (N-methyl/N-ethyl adjacent to an activating group) is 1. The highest BCUT2D eigenvalue weighted by Crippen LogP contribution is 2.14. The Labute approximate surface area is 118 Å². The Bertz CT molecular complexity index is 329. The standard InChI is InChI=1S/C13H19BrN2.ClH/c1-16-8-2-3-13(16)10-15-9-11-4-6-12(14)7-5-11;/h4-7,13,15H,2-3,8-10H2,1H3;1H. The summed E-state index contributed by atoms with van der Waals surface area (Å²) in [5.41, 5.74) is 1.35. The van der Waals surface area contributed by atoms with Crippen LogP contribution in [0.3, 0.4) is 0 Å². The number of likely N-dealkylation sites (tertiary alicyclic amines) is 1. The fourth-order valence-corrected chi connectivity index (χ4v) is 2.49. The molecule has 1 aromatic carbocycles. The number of nitrogens with zero attached hydrogens (tertiary/aromatic N) is 1. The van der Waals surface area contributed by atoms with Gasteiger partial charge >= 0.3 is 0 Å². The molecule has 0 saturated carbocycles. The highest BCUT2D eigenvalue weighted by Gasteiger charge is 2.19. The second-order valence-corrected chi connectivity index (χ2v) is 5.45. The highest BCUT2D eigenvalue weighted by atomic mass is 79.9. The van der Waals surface area contributed by atoms with Gasteiger partial charge in [-0.2, -0.15) is 0 Å². The first-order chi connectivity index (χ1) is 7.75. The van der Waals surface area contributed by atoms with Crippen molar-refractivity contribution in [2.75, 3.05) is 20.1 Å². The number of halogens is 2. The van der Waals surface area contributed by atoms with E-state index in [9.17, 15) is 0 Å². The molecule has 2 nitrogen and oxygen atoms in total. The zero-order chi connectivity index (χ0) is 11.4. The molecule has 1 heterocycles. The number of benzene rings is 1. The molecule has 96 valence electrons. The first-order valence-electron chi connectivity index (χ1n) is 5.91. The molecule has 1 aliphatic heterocycles. The van der Waals surface area contributed by atoms with Crippen LogP contribution in [0.1, 0.15) is 18.4 Å². The van der Waals surface area contributed by atoms with Crippen LogP contribution in [-0.2, 0) is 6.54 Å². The molecular weight excluding hydrogens is 300 g/mol. The minimum Gasteiger partial charge on any atom is -0.311 e. The smallest absolute Gasteiger partial charge is 0.0218 e. The van der Waals surface area contributed by atoms with E-state index in [1.807, 2.05) is 0 Å². The van der Waals surface area contributed by atoms with E-state index in [1.54, 1.807) is 0 Å². The summed E-state index contributed by atoms with van der Waals surface area (Å²) in [5.74, 6) is 0. The maximum Gasteiger partial charge on any atom is 0.0218 e. The molecule has 1 fully saturated rings. The van der Waals surface area contributed by atoms with Crippen LogP contribution >= 0.6 is 28.3 Å². The van der Waals surface area contributed by atoms with E-state index in [4.69, 9.17) is 0 Å². The van der Waals surface area contributed by atoms with E-state index >= 15 is 0 Å². The molecule has 0 aliphatic carbocycles. The Balaban J connectivity index is 0.00000144. The van der Waals surface area contributed by atoms with E-state index in [-0.39, 0.29) is 12.4 Å². The van der Waals surface area contributed by atoms with Crippen LogP contribution in [0.2, 0.25) is 0 Å². The summed E-state index contributed by atoms with van der Waals surface area (Å²) in [4.78, 5) is 2.45. The molecule has 0 aromatic heterocycles. The topological polar surface area (TPSA) is 15.3 Å².